The number of aromatic nitrogens is 2. The zero-order valence-corrected chi connectivity index (χ0v) is 10.4. The molecule has 0 saturated heterocycles. The zero-order chi connectivity index (χ0) is 11.4. The van der Waals surface area contributed by atoms with Crippen molar-refractivity contribution < 1.29 is 9.47 Å². The lowest BCUT2D eigenvalue weighted by Crippen LogP contribution is -2.13. The van der Waals surface area contributed by atoms with Crippen LogP contribution < -0.4 is 14.4 Å². The van der Waals surface area contributed by atoms with Crippen LogP contribution in [-0.4, -0.2) is 44.5 Å². The van der Waals surface area contributed by atoms with Crippen molar-refractivity contribution in [3.8, 4) is 11.9 Å². The van der Waals surface area contributed by atoms with E-state index < -0.39 is 0 Å². The first-order valence-corrected chi connectivity index (χ1v) is 5.57. The van der Waals surface area contributed by atoms with E-state index in [-0.39, 0.29) is 0 Å². The highest BCUT2D eigenvalue weighted by atomic mass is 32.2. The average Bonchev–Trinajstić information content (AvgIpc) is 2.26. The molecule has 0 radical (unpaired) electrons. The van der Waals surface area contributed by atoms with Gasteiger partial charge in [-0.1, -0.05) is 0 Å². The van der Waals surface area contributed by atoms with Crippen LogP contribution in [0.3, 0.4) is 0 Å². The number of thioether (sulfide) groups is 1. The number of nitrogens with zero attached hydrogens (tertiary/aromatic N) is 3. The van der Waals surface area contributed by atoms with Crippen molar-refractivity contribution in [2.45, 2.75) is 4.90 Å². The Kier molecular flexibility index (Phi) is 4.02. The molecular formula is C9H15N3O2S. The van der Waals surface area contributed by atoms with Crippen LogP contribution >= 0.6 is 11.8 Å². The molecule has 1 rings (SSSR count). The topological polar surface area (TPSA) is 47.5 Å². The van der Waals surface area contributed by atoms with Crippen LogP contribution in [0.2, 0.25) is 0 Å². The molecule has 0 atom stereocenters. The average molecular weight is 229 g/mol. The summed E-state index contributed by atoms with van der Waals surface area (Å²) in [7, 11) is 6.95. The Labute approximate surface area is 93.8 Å². The fourth-order valence-electron chi connectivity index (χ4n) is 1.11. The maximum Gasteiger partial charge on any atom is 0.321 e. The van der Waals surface area contributed by atoms with Crippen molar-refractivity contribution in [3.05, 3.63) is 0 Å². The molecule has 0 fully saturated rings. The Hall–Kier alpha value is -1.17. The molecule has 1 heterocycles. The summed E-state index contributed by atoms with van der Waals surface area (Å²) >= 11 is 1.55. The lowest BCUT2D eigenvalue weighted by molar-refractivity contribution is 0.345. The van der Waals surface area contributed by atoms with Gasteiger partial charge in [-0.05, 0) is 6.26 Å². The summed E-state index contributed by atoms with van der Waals surface area (Å²) in [4.78, 5) is 11.2. The molecule has 5 nitrogen and oxygen atoms in total. The monoisotopic (exact) mass is 229 g/mol. The molecule has 0 aliphatic rings. The van der Waals surface area contributed by atoms with Crippen molar-refractivity contribution in [1.82, 2.24) is 9.97 Å². The van der Waals surface area contributed by atoms with Gasteiger partial charge in [0.25, 0.3) is 0 Å². The van der Waals surface area contributed by atoms with Crippen molar-refractivity contribution >= 4 is 17.6 Å². The maximum absolute atomic E-state index is 5.19. The zero-order valence-electron chi connectivity index (χ0n) is 9.57. The molecule has 0 aliphatic heterocycles. The predicted molar refractivity (Wildman–Crippen MR) is 61.2 cm³/mol. The van der Waals surface area contributed by atoms with Gasteiger partial charge in [0.05, 0.1) is 14.2 Å². The lowest BCUT2D eigenvalue weighted by atomic mass is 10.5. The number of rotatable bonds is 4. The third kappa shape index (κ3) is 2.44. The van der Waals surface area contributed by atoms with Gasteiger partial charge in [-0.3, -0.25) is 0 Å². The second-order valence-corrected chi connectivity index (χ2v) is 3.79. The molecule has 15 heavy (non-hydrogen) atoms. The Morgan fingerprint density at radius 1 is 1.13 bits per heavy atom. The van der Waals surface area contributed by atoms with E-state index >= 15 is 0 Å². The molecule has 84 valence electrons. The van der Waals surface area contributed by atoms with Crippen LogP contribution in [0.1, 0.15) is 0 Å². The largest absolute Gasteiger partial charge is 0.480 e. The number of hydrogen-bond acceptors (Lipinski definition) is 6. The summed E-state index contributed by atoms with van der Waals surface area (Å²) in [6.45, 7) is 0. The van der Waals surface area contributed by atoms with Crippen LogP contribution in [-0.2, 0) is 0 Å². The normalized spacial score (nSPS) is 9.93. The first kappa shape index (κ1) is 11.9. The van der Waals surface area contributed by atoms with E-state index in [4.69, 9.17) is 9.47 Å². The third-order valence-electron chi connectivity index (χ3n) is 1.80. The van der Waals surface area contributed by atoms with Gasteiger partial charge in [-0.25, -0.2) is 0 Å². The van der Waals surface area contributed by atoms with Crippen LogP contribution in [0.25, 0.3) is 0 Å². The fourth-order valence-corrected chi connectivity index (χ4v) is 1.83. The minimum absolute atomic E-state index is 0.313. The van der Waals surface area contributed by atoms with E-state index in [1.807, 2.05) is 25.3 Å². The van der Waals surface area contributed by atoms with Gasteiger partial charge in [0.1, 0.15) is 4.90 Å². The molecule has 0 aliphatic carbocycles. The SMILES string of the molecule is COc1nc(OC)c(SC)c(N(C)C)n1. The Bertz CT molecular complexity index is 344. The maximum atomic E-state index is 5.19. The van der Waals surface area contributed by atoms with E-state index in [9.17, 15) is 0 Å². The molecule has 0 aromatic carbocycles. The van der Waals surface area contributed by atoms with Gasteiger partial charge >= 0.3 is 6.01 Å². The summed E-state index contributed by atoms with van der Waals surface area (Å²) in [6, 6.07) is 0.313. The van der Waals surface area contributed by atoms with Gasteiger partial charge < -0.3 is 14.4 Å². The molecule has 1 aromatic heterocycles. The van der Waals surface area contributed by atoms with E-state index in [0.29, 0.717) is 11.9 Å². The third-order valence-corrected chi connectivity index (χ3v) is 2.57. The molecule has 0 saturated carbocycles. The molecule has 0 bridgehead atoms. The molecule has 0 unspecified atom stereocenters. The van der Waals surface area contributed by atoms with Crippen molar-refractivity contribution in [3.63, 3.8) is 0 Å². The quantitative estimate of drug-likeness (QED) is 0.725. The molecule has 6 heteroatoms. The standard InChI is InChI=1S/C9H15N3O2S/c1-12(2)7-6(15-5)8(13-3)11-9(10-7)14-4/h1-5H3. The molecule has 0 N–H and O–H groups in total. The Balaban J connectivity index is 3.32. The second-order valence-electron chi connectivity index (χ2n) is 2.97. The second kappa shape index (κ2) is 5.06. The summed E-state index contributed by atoms with van der Waals surface area (Å²) in [6.07, 6.45) is 1.96. The Morgan fingerprint density at radius 2 is 1.80 bits per heavy atom. The first-order valence-electron chi connectivity index (χ1n) is 4.35. The van der Waals surface area contributed by atoms with Gasteiger partial charge in [-0.2, -0.15) is 9.97 Å². The number of ether oxygens (including phenoxy) is 2. The van der Waals surface area contributed by atoms with Crippen LogP contribution in [0, 0.1) is 0 Å². The van der Waals surface area contributed by atoms with E-state index in [1.165, 1.54) is 7.11 Å². The lowest BCUT2D eigenvalue weighted by Gasteiger charge is -2.17. The minimum atomic E-state index is 0.313. The fraction of sp³-hybridized carbons (Fsp3) is 0.556. The van der Waals surface area contributed by atoms with Gasteiger partial charge in [0.15, 0.2) is 5.82 Å². The van der Waals surface area contributed by atoms with Crippen molar-refractivity contribution in [2.75, 3.05) is 39.5 Å². The van der Waals surface area contributed by atoms with Gasteiger partial charge in [0.2, 0.25) is 5.88 Å². The summed E-state index contributed by atoms with van der Waals surface area (Å²) in [5.74, 6) is 1.34. The molecule has 1 aromatic rings. The number of hydrogen-bond donors (Lipinski definition) is 0. The Morgan fingerprint density at radius 3 is 2.20 bits per heavy atom. The highest BCUT2D eigenvalue weighted by molar-refractivity contribution is 7.98. The summed E-state index contributed by atoms with van der Waals surface area (Å²) < 4.78 is 10.2. The van der Waals surface area contributed by atoms with Crippen LogP contribution in [0.5, 0.6) is 11.9 Å². The summed E-state index contributed by atoms with van der Waals surface area (Å²) in [5, 5.41) is 0. The molecule has 0 spiro atoms. The van der Waals surface area contributed by atoms with Crippen LogP contribution in [0.4, 0.5) is 5.82 Å². The smallest absolute Gasteiger partial charge is 0.321 e. The number of methoxy groups -OCH3 is 2. The minimum Gasteiger partial charge on any atom is -0.480 e. The molecular weight excluding hydrogens is 214 g/mol. The first-order chi connectivity index (χ1) is 7.13. The predicted octanol–water partition coefficient (Wildman–Crippen LogP) is 1.28. The van der Waals surface area contributed by atoms with E-state index in [2.05, 4.69) is 9.97 Å². The highest BCUT2D eigenvalue weighted by Crippen LogP contribution is 2.34. The highest BCUT2D eigenvalue weighted by Gasteiger charge is 2.16. The summed E-state index contributed by atoms with van der Waals surface area (Å²) in [5.41, 5.74) is 0. The van der Waals surface area contributed by atoms with Gasteiger partial charge in [0, 0.05) is 14.1 Å². The van der Waals surface area contributed by atoms with Crippen molar-refractivity contribution in [1.29, 1.82) is 0 Å². The number of anilines is 1. The van der Waals surface area contributed by atoms with E-state index in [0.717, 1.165) is 10.7 Å². The van der Waals surface area contributed by atoms with Gasteiger partial charge in [-0.15, -0.1) is 11.8 Å². The molecule has 0 amide bonds. The van der Waals surface area contributed by atoms with E-state index in [1.54, 1.807) is 18.9 Å². The van der Waals surface area contributed by atoms with Crippen LogP contribution in [0.15, 0.2) is 4.90 Å². The van der Waals surface area contributed by atoms with Crippen molar-refractivity contribution in [2.24, 2.45) is 0 Å².